The number of ether oxygens (including phenoxy) is 1. The fourth-order valence-corrected chi connectivity index (χ4v) is 2.67. The average Bonchev–Trinajstić information content (AvgIpc) is 2.47. The highest BCUT2D eigenvalue weighted by molar-refractivity contribution is 5.68. The van der Waals surface area contributed by atoms with Gasteiger partial charge in [-0.3, -0.25) is 0 Å². The summed E-state index contributed by atoms with van der Waals surface area (Å²) in [4.78, 5) is 12.1. The van der Waals surface area contributed by atoms with Crippen molar-refractivity contribution in [1.82, 2.24) is 5.32 Å². The molecule has 0 saturated heterocycles. The van der Waals surface area contributed by atoms with E-state index in [4.69, 9.17) is 4.74 Å². The van der Waals surface area contributed by atoms with E-state index in [0.29, 0.717) is 0 Å². The minimum Gasteiger partial charge on any atom is -0.444 e. The summed E-state index contributed by atoms with van der Waals surface area (Å²) < 4.78 is 5.38. The summed E-state index contributed by atoms with van der Waals surface area (Å²) in [6, 6.07) is 20.3. The zero-order valence-corrected chi connectivity index (χ0v) is 14.2. The topological polar surface area (TPSA) is 38.3 Å². The van der Waals surface area contributed by atoms with Gasteiger partial charge in [-0.15, -0.1) is 0 Å². The molecule has 3 nitrogen and oxygen atoms in total. The number of benzene rings is 2. The fraction of sp³-hybridized carbons (Fsp3) is 0.350. The van der Waals surface area contributed by atoms with Crippen molar-refractivity contribution in [2.24, 2.45) is 0 Å². The van der Waals surface area contributed by atoms with Crippen LogP contribution in [0.15, 0.2) is 60.7 Å². The van der Waals surface area contributed by atoms with E-state index in [9.17, 15) is 4.79 Å². The van der Waals surface area contributed by atoms with Crippen LogP contribution in [0.1, 0.15) is 44.7 Å². The molecule has 1 unspecified atom stereocenters. The third kappa shape index (κ3) is 5.13. The first-order chi connectivity index (χ1) is 10.9. The molecule has 0 aromatic heterocycles. The molecule has 122 valence electrons. The second-order valence-corrected chi connectivity index (χ2v) is 6.73. The van der Waals surface area contributed by atoms with Crippen LogP contribution >= 0.6 is 0 Å². The molecule has 2 rings (SSSR count). The Balaban J connectivity index is 2.22. The van der Waals surface area contributed by atoms with Crippen LogP contribution in [0.5, 0.6) is 0 Å². The number of amides is 1. The van der Waals surface area contributed by atoms with Gasteiger partial charge in [0.25, 0.3) is 0 Å². The molecule has 1 N–H and O–H groups in total. The Bertz CT molecular complexity index is 578. The van der Waals surface area contributed by atoms with Crippen molar-refractivity contribution in [3.8, 4) is 0 Å². The van der Waals surface area contributed by atoms with Gasteiger partial charge in [0.05, 0.1) is 0 Å². The molecule has 3 heteroatoms. The third-order valence-corrected chi connectivity index (χ3v) is 3.56. The molecule has 0 aliphatic carbocycles. The number of hydrogen-bond acceptors (Lipinski definition) is 2. The third-order valence-electron chi connectivity index (χ3n) is 3.56. The van der Waals surface area contributed by atoms with Gasteiger partial charge >= 0.3 is 6.09 Å². The van der Waals surface area contributed by atoms with E-state index in [1.165, 1.54) is 11.1 Å². The van der Waals surface area contributed by atoms with E-state index >= 15 is 0 Å². The molecular weight excluding hydrogens is 286 g/mol. The van der Waals surface area contributed by atoms with Crippen molar-refractivity contribution in [2.75, 3.05) is 0 Å². The Labute approximate surface area is 138 Å². The molecule has 1 atom stereocenters. The molecule has 0 heterocycles. The largest absolute Gasteiger partial charge is 0.444 e. The van der Waals surface area contributed by atoms with Crippen LogP contribution in [0.4, 0.5) is 4.79 Å². The molecular formula is C20H25NO2. The monoisotopic (exact) mass is 311 g/mol. The molecule has 2 aromatic carbocycles. The van der Waals surface area contributed by atoms with Gasteiger partial charge in [-0.05, 0) is 38.8 Å². The number of hydrogen-bond donors (Lipinski definition) is 1. The number of alkyl carbamates (subject to hydrolysis) is 1. The van der Waals surface area contributed by atoms with Crippen molar-refractivity contribution in [2.45, 2.75) is 45.3 Å². The normalized spacial score (nSPS) is 12.7. The van der Waals surface area contributed by atoms with Crippen molar-refractivity contribution in [3.05, 3.63) is 71.8 Å². The SMILES string of the molecule is CC(NC(=O)OC(C)(C)C)C(c1ccccc1)c1ccccc1. The first kappa shape index (κ1) is 17.1. The van der Waals surface area contributed by atoms with Gasteiger partial charge in [0.1, 0.15) is 5.60 Å². The van der Waals surface area contributed by atoms with Gasteiger partial charge in [-0.2, -0.15) is 0 Å². The first-order valence-electron chi connectivity index (χ1n) is 7.96. The maximum atomic E-state index is 12.1. The molecule has 0 fully saturated rings. The van der Waals surface area contributed by atoms with Crippen LogP contribution < -0.4 is 5.32 Å². The van der Waals surface area contributed by atoms with Gasteiger partial charge in [-0.25, -0.2) is 4.79 Å². The number of carbonyl (C=O) groups excluding carboxylic acids is 1. The van der Waals surface area contributed by atoms with Gasteiger partial charge in [0, 0.05) is 12.0 Å². The second-order valence-electron chi connectivity index (χ2n) is 6.73. The summed E-state index contributed by atoms with van der Waals surface area (Å²) in [6.07, 6.45) is -0.387. The summed E-state index contributed by atoms with van der Waals surface area (Å²) in [5.74, 6) is 0.0740. The van der Waals surface area contributed by atoms with Crippen LogP contribution in [0.2, 0.25) is 0 Å². The van der Waals surface area contributed by atoms with Crippen LogP contribution in [0.25, 0.3) is 0 Å². The Morgan fingerprint density at radius 1 is 0.913 bits per heavy atom. The summed E-state index contributed by atoms with van der Waals surface area (Å²) in [6.45, 7) is 7.60. The van der Waals surface area contributed by atoms with Crippen molar-refractivity contribution in [1.29, 1.82) is 0 Å². The Hall–Kier alpha value is -2.29. The van der Waals surface area contributed by atoms with E-state index in [1.807, 2.05) is 64.1 Å². The van der Waals surface area contributed by atoms with Gasteiger partial charge in [-0.1, -0.05) is 60.7 Å². The standard InChI is InChI=1S/C20H25NO2/c1-15(21-19(22)23-20(2,3)4)18(16-11-7-5-8-12-16)17-13-9-6-10-14-17/h5-15,18H,1-4H3,(H,21,22). The molecule has 1 amide bonds. The van der Waals surface area contributed by atoms with E-state index in [-0.39, 0.29) is 18.1 Å². The lowest BCUT2D eigenvalue weighted by molar-refractivity contribution is 0.0504. The Morgan fingerprint density at radius 3 is 1.74 bits per heavy atom. The lowest BCUT2D eigenvalue weighted by atomic mass is 9.86. The molecule has 0 spiro atoms. The predicted molar refractivity (Wildman–Crippen MR) is 93.6 cm³/mol. The quantitative estimate of drug-likeness (QED) is 0.886. The highest BCUT2D eigenvalue weighted by atomic mass is 16.6. The summed E-state index contributed by atoms with van der Waals surface area (Å²) >= 11 is 0. The molecule has 0 bridgehead atoms. The number of nitrogens with one attached hydrogen (secondary N) is 1. The maximum absolute atomic E-state index is 12.1. The Morgan fingerprint density at radius 2 is 1.35 bits per heavy atom. The van der Waals surface area contributed by atoms with Gasteiger partial charge in [0.15, 0.2) is 0 Å². The van der Waals surface area contributed by atoms with Crippen molar-refractivity contribution in [3.63, 3.8) is 0 Å². The summed E-state index contributed by atoms with van der Waals surface area (Å²) in [7, 11) is 0. The zero-order valence-electron chi connectivity index (χ0n) is 14.2. The van der Waals surface area contributed by atoms with Crippen LogP contribution in [-0.2, 0) is 4.74 Å². The first-order valence-corrected chi connectivity index (χ1v) is 7.96. The van der Waals surface area contributed by atoms with E-state index in [2.05, 4.69) is 29.6 Å². The predicted octanol–water partition coefficient (Wildman–Crippen LogP) is 4.73. The zero-order chi connectivity index (χ0) is 16.9. The van der Waals surface area contributed by atoms with Gasteiger partial charge < -0.3 is 10.1 Å². The lowest BCUT2D eigenvalue weighted by Gasteiger charge is -2.27. The maximum Gasteiger partial charge on any atom is 0.407 e. The highest BCUT2D eigenvalue weighted by Crippen LogP contribution is 2.28. The van der Waals surface area contributed by atoms with E-state index < -0.39 is 5.60 Å². The smallest absolute Gasteiger partial charge is 0.407 e. The molecule has 0 aliphatic heterocycles. The number of rotatable bonds is 4. The molecule has 2 aromatic rings. The molecule has 0 aliphatic rings. The fourth-order valence-electron chi connectivity index (χ4n) is 2.67. The van der Waals surface area contributed by atoms with Crippen LogP contribution in [-0.4, -0.2) is 17.7 Å². The van der Waals surface area contributed by atoms with Crippen LogP contribution in [0.3, 0.4) is 0 Å². The van der Waals surface area contributed by atoms with Crippen LogP contribution in [0, 0.1) is 0 Å². The minimum absolute atomic E-state index is 0.0740. The average molecular weight is 311 g/mol. The minimum atomic E-state index is -0.501. The van der Waals surface area contributed by atoms with Gasteiger partial charge in [0.2, 0.25) is 0 Å². The molecule has 0 radical (unpaired) electrons. The Kier molecular flexibility index (Phi) is 5.43. The summed E-state index contributed by atoms with van der Waals surface area (Å²) in [5, 5.41) is 2.97. The van der Waals surface area contributed by atoms with Crippen molar-refractivity contribution < 1.29 is 9.53 Å². The van der Waals surface area contributed by atoms with E-state index in [0.717, 1.165) is 0 Å². The highest BCUT2D eigenvalue weighted by Gasteiger charge is 2.25. The van der Waals surface area contributed by atoms with Crippen molar-refractivity contribution >= 4 is 6.09 Å². The van der Waals surface area contributed by atoms with E-state index in [1.54, 1.807) is 0 Å². The lowest BCUT2D eigenvalue weighted by Crippen LogP contribution is -2.40. The second kappa shape index (κ2) is 7.32. The number of carbonyl (C=O) groups is 1. The summed E-state index contributed by atoms with van der Waals surface area (Å²) in [5.41, 5.74) is 1.84. The molecule has 0 saturated carbocycles. The molecule has 23 heavy (non-hydrogen) atoms.